The zero-order valence-electron chi connectivity index (χ0n) is 16.1. The molecule has 0 aromatic heterocycles. The molecule has 0 spiro atoms. The van der Waals surface area contributed by atoms with Gasteiger partial charge in [0, 0.05) is 23.2 Å². The number of amides is 1. The number of carbonyl (C=O) groups is 2. The Morgan fingerprint density at radius 3 is 1.77 bits per heavy atom. The largest absolute Gasteiger partial charge is 0.481 e. The van der Waals surface area contributed by atoms with Crippen LogP contribution in [-0.4, -0.2) is 34.8 Å². The maximum absolute atomic E-state index is 12.6. The summed E-state index contributed by atoms with van der Waals surface area (Å²) < 4.78 is 5.80. The molecule has 1 atom stereocenters. The van der Waals surface area contributed by atoms with E-state index < -0.39 is 6.10 Å². The highest BCUT2D eigenvalue weighted by molar-refractivity contribution is 6.08. The zero-order valence-corrected chi connectivity index (χ0v) is 16.1. The van der Waals surface area contributed by atoms with Crippen molar-refractivity contribution in [1.82, 2.24) is 4.90 Å². The van der Waals surface area contributed by atoms with Gasteiger partial charge in [-0.05, 0) is 58.9 Å². The number of rotatable bonds is 7. The van der Waals surface area contributed by atoms with Crippen LogP contribution >= 0.6 is 0 Å². The van der Waals surface area contributed by atoms with Crippen LogP contribution in [0.25, 0.3) is 0 Å². The minimum Gasteiger partial charge on any atom is -0.481 e. The van der Waals surface area contributed by atoms with Crippen LogP contribution in [0.3, 0.4) is 0 Å². The van der Waals surface area contributed by atoms with Crippen molar-refractivity contribution in [2.75, 3.05) is 0 Å². The van der Waals surface area contributed by atoms with Crippen LogP contribution in [0, 0.1) is 0 Å². The molecular formula is C22H27NO3. The van der Waals surface area contributed by atoms with Gasteiger partial charge >= 0.3 is 0 Å². The first-order valence-electron chi connectivity index (χ1n) is 9.00. The molecular weight excluding hydrogens is 326 g/mol. The lowest BCUT2D eigenvalue weighted by Crippen LogP contribution is -2.47. The Bertz CT molecular complexity index is 728. The molecule has 0 N–H and O–H groups in total. The second kappa shape index (κ2) is 8.65. The first-order chi connectivity index (χ1) is 12.3. The lowest BCUT2D eigenvalue weighted by Gasteiger charge is -2.33. The molecule has 1 amide bonds. The molecule has 4 heteroatoms. The Morgan fingerprint density at radius 2 is 1.27 bits per heavy atom. The van der Waals surface area contributed by atoms with Gasteiger partial charge in [0.25, 0.3) is 5.91 Å². The number of ether oxygens (including phenoxy) is 1. The van der Waals surface area contributed by atoms with Crippen molar-refractivity contribution in [3.63, 3.8) is 0 Å². The van der Waals surface area contributed by atoms with Crippen molar-refractivity contribution in [1.29, 1.82) is 0 Å². The van der Waals surface area contributed by atoms with Gasteiger partial charge in [-0.2, -0.15) is 0 Å². The normalized spacial score (nSPS) is 12.1. The van der Waals surface area contributed by atoms with Crippen molar-refractivity contribution in [2.24, 2.45) is 0 Å². The smallest absolute Gasteiger partial charge is 0.263 e. The van der Waals surface area contributed by atoms with Crippen LogP contribution in [0.4, 0.5) is 0 Å². The molecule has 0 bridgehead atoms. The molecule has 1 unspecified atom stereocenters. The third kappa shape index (κ3) is 4.72. The second-order valence-corrected chi connectivity index (χ2v) is 6.91. The summed E-state index contributed by atoms with van der Waals surface area (Å²) in [6.45, 7) is 9.73. The van der Waals surface area contributed by atoms with Gasteiger partial charge in [-0.25, -0.2) is 0 Å². The van der Waals surface area contributed by atoms with E-state index in [1.54, 1.807) is 43.3 Å². The van der Waals surface area contributed by atoms with Crippen molar-refractivity contribution in [3.8, 4) is 5.75 Å². The summed E-state index contributed by atoms with van der Waals surface area (Å²) in [7, 11) is 0. The molecule has 0 heterocycles. The average Bonchev–Trinajstić information content (AvgIpc) is 2.61. The molecule has 26 heavy (non-hydrogen) atoms. The van der Waals surface area contributed by atoms with Gasteiger partial charge in [0.1, 0.15) is 5.75 Å². The summed E-state index contributed by atoms with van der Waals surface area (Å²) in [4.78, 5) is 26.9. The van der Waals surface area contributed by atoms with Gasteiger partial charge in [0.2, 0.25) is 0 Å². The van der Waals surface area contributed by atoms with Crippen LogP contribution in [-0.2, 0) is 4.79 Å². The lowest BCUT2D eigenvalue weighted by atomic mass is 10.0. The maximum Gasteiger partial charge on any atom is 0.263 e. The quantitative estimate of drug-likeness (QED) is 0.696. The standard InChI is InChI=1S/C22H27NO3/c1-15(2)23(16(3)4)22(25)17(5)26-20-13-11-19(12-14-20)21(24)18-9-7-6-8-10-18/h6-17H,1-5H3. The minimum absolute atomic E-state index is 0.0351. The number of nitrogens with zero attached hydrogens (tertiary/aromatic N) is 1. The SMILES string of the molecule is CC(Oc1ccc(C(=O)c2ccccc2)cc1)C(=O)N(C(C)C)C(C)C. The van der Waals surface area contributed by atoms with Gasteiger partial charge in [-0.15, -0.1) is 0 Å². The van der Waals surface area contributed by atoms with E-state index in [-0.39, 0.29) is 23.8 Å². The number of ketones is 1. The van der Waals surface area contributed by atoms with E-state index in [0.29, 0.717) is 16.9 Å². The molecule has 0 radical (unpaired) electrons. The summed E-state index contributed by atoms with van der Waals surface area (Å²) in [5.74, 6) is 0.495. The summed E-state index contributed by atoms with van der Waals surface area (Å²) in [6.07, 6.45) is -0.588. The highest BCUT2D eigenvalue weighted by atomic mass is 16.5. The predicted molar refractivity (Wildman–Crippen MR) is 104 cm³/mol. The molecule has 2 aromatic carbocycles. The molecule has 0 aliphatic heterocycles. The first-order valence-corrected chi connectivity index (χ1v) is 9.00. The summed E-state index contributed by atoms with van der Waals surface area (Å²) in [5.41, 5.74) is 1.24. The molecule has 2 aromatic rings. The monoisotopic (exact) mass is 353 g/mol. The molecule has 0 aliphatic carbocycles. The van der Waals surface area contributed by atoms with E-state index in [0.717, 1.165) is 0 Å². The van der Waals surface area contributed by atoms with E-state index in [9.17, 15) is 9.59 Å². The Labute approximate surface area is 155 Å². The molecule has 0 fully saturated rings. The van der Waals surface area contributed by atoms with Crippen molar-refractivity contribution < 1.29 is 14.3 Å². The Morgan fingerprint density at radius 1 is 0.769 bits per heavy atom. The second-order valence-electron chi connectivity index (χ2n) is 6.91. The molecule has 0 aliphatic rings. The zero-order chi connectivity index (χ0) is 19.3. The molecule has 0 saturated heterocycles. The number of benzene rings is 2. The van der Waals surface area contributed by atoms with Crippen LogP contribution < -0.4 is 4.74 Å². The van der Waals surface area contributed by atoms with E-state index in [4.69, 9.17) is 4.74 Å². The lowest BCUT2D eigenvalue weighted by molar-refractivity contribution is -0.141. The fraction of sp³-hybridized carbons (Fsp3) is 0.364. The van der Waals surface area contributed by atoms with Crippen molar-refractivity contribution >= 4 is 11.7 Å². The Kier molecular flexibility index (Phi) is 6.56. The fourth-order valence-electron chi connectivity index (χ4n) is 3.01. The topological polar surface area (TPSA) is 46.6 Å². The van der Waals surface area contributed by atoms with Gasteiger partial charge < -0.3 is 9.64 Å². The van der Waals surface area contributed by atoms with E-state index >= 15 is 0 Å². The fourth-order valence-corrected chi connectivity index (χ4v) is 3.01. The van der Waals surface area contributed by atoms with E-state index in [2.05, 4.69) is 0 Å². The summed E-state index contributed by atoms with van der Waals surface area (Å²) in [5, 5.41) is 0. The van der Waals surface area contributed by atoms with Crippen LogP contribution in [0.2, 0.25) is 0 Å². The summed E-state index contributed by atoms with van der Waals surface area (Å²) in [6, 6.07) is 16.3. The summed E-state index contributed by atoms with van der Waals surface area (Å²) >= 11 is 0. The molecule has 138 valence electrons. The average molecular weight is 353 g/mol. The van der Waals surface area contributed by atoms with E-state index in [1.807, 2.05) is 50.8 Å². The number of hydrogen-bond acceptors (Lipinski definition) is 3. The Hall–Kier alpha value is -2.62. The highest BCUT2D eigenvalue weighted by Crippen LogP contribution is 2.18. The highest BCUT2D eigenvalue weighted by Gasteiger charge is 2.26. The van der Waals surface area contributed by atoms with Gasteiger partial charge in [0.05, 0.1) is 0 Å². The molecule has 4 nitrogen and oxygen atoms in total. The predicted octanol–water partition coefficient (Wildman–Crippen LogP) is 4.33. The Balaban J connectivity index is 2.07. The molecule has 0 saturated carbocycles. The maximum atomic E-state index is 12.6. The third-order valence-electron chi connectivity index (χ3n) is 4.18. The number of carbonyl (C=O) groups excluding carboxylic acids is 2. The third-order valence-corrected chi connectivity index (χ3v) is 4.18. The first kappa shape index (κ1) is 19.7. The van der Waals surface area contributed by atoms with Crippen LogP contribution in [0.5, 0.6) is 5.75 Å². The van der Waals surface area contributed by atoms with Gasteiger partial charge in [-0.1, -0.05) is 30.3 Å². The molecule has 2 rings (SSSR count). The van der Waals surface area contributed by atoms with Crippen molar-refractivity contribution in [3.05, 3.63) is 65.7 Å². The van der Waals surface area contributed by atoms with Gasteiger partial charge in [0.15, 0.2) is 11.9 Å². The minimum atomic E-state index is -0.588. The van der Waals surface area contributed by atoms with Crippen LogP contribution in [0.15, 0.2) is 54.6 Å². The number of hydrogen-bond donors (Lipinski definition) is 0. The van der Waals surface area contributed by atoms with Crippen LogP contribution in [0.1, 0.15) is 50.5 Å². The van der Waals surface area contributed by atoms with E-state index in [1.165, 1.54) is 0 Å². The van der Waals surface area contributed by atoms with Crippen molar-refractivity contribution in [2.45, 2.75) is 52.8 Å². The van der Waals surface area contributed by atoms with Gasteiger partial charge in [-0.3, -0.25) is 9.59 Å².